The Morgan fingerprint density at radius 1 is 1.00 bits per heavy atom. The van der Waals surface area contributed by atoms with Gasteiger partial charge in [0.15, 0.2) is 0 Å². The molecule has 0 aliphatic heterocycles. The molecule has 2 aromatic rings. The first kappa shape index (κ1) is 12.5. The lowest BCUT2D eigenvalue weighted by atomic mass is 10.1. The number of nitrogens with zero attached hydrogens (tertiary/aromatic N) is 3. The average Bonchev–Trinajstić information content (AvgIpc) is 2.36. The third kappa shape index (κ3) is 2.65. The van der Waals surface area contributed by atoms with Crippen LogP contribution in [0.3, 0.4) is 0 Å². The normalized spacial score (nSPS) is 12.1. The number of hydrogen-bond acceptors (Lipinski definition) is 3. The van der Waals surface area contributed by atoms with Gasteiger partial charge in [0.1, 0.15) is 0 Å². The monoisotopic (exact) mass is 263 g/mol. The molecule has 0 radical (unpaired) electrons. The molecule has 94 valence electrons. The van der Waals surface area contributed by atoms with Crippen LogP contribution in [0.15, 0.2) is 57.1 Å². The fraction of sp³-hybridized carbons (Fsp3) is 0.167. The number of rotatable bonds is 3. The zero-order valence-electron chi connectivity index (χ0n) is 10.1. The predicted octanol–water partition coefficient (Wildman–Crippen LogP) is 2.46. The third-order valence-electron chi connectivity index (χ3n) is 2.34. The van der Waals surface area contributed by atoms with Crippen molar-refractivity contribution < 1.29 is 8.42 Å². The molecule has 18 heavy (non-hydrogen) atoms. The first-order valence-corrected chi connectivity index (χ1v) is 6.77. The van der Waals surface area contributed by atoms with E-state index < -0.39 is 10.0 Å². The Kier molecular flexibility index (Phi) is 3.29. The first-order valence-electron chi connectivity index (χ1n) is 5.33. The van der Waals surface area contributed by atoms with E-state index in [1.165, 1.54) is 11.1 Å². The Balaban J connectivity index is 2.48. The largest absolute Gasteiger partial charge is 0.301 e. The fourth-order valence-electron chi connectivity index (χ4n) is 1.50. The van der Waals surface area contributed by atoms with Crippen molar-refractivity contribution in [2.24, 2.45) is 9.74 Å². The quantitative estimate of drug-likeness (QED) is 0.631. The van der Waals surface area contributed by atoms with E-state index in [1.807, 2.05) is 24.3 Å². The molecule has 0 saturated carbocycles. The number of sulfonamides is 1. The maximum atomic E-state index is 11.9. The van der Waals surface area contributed by atoms with Gasteiger partial charge in [0, 0.05) is 14.1 Å². The summed E-state index contributed by atoms with van der Waals surface area (Å²) in [5.74, 6) is 0. The standard InChI is InChI=1S/C12H13N3O2S/c1-15(2)13-14-18(16,17)12-8-7-10-5-3-4-6-11(10)9-12/h3-9H,1-2H3/b14-13+. The highest BCUT2D eigenvalue weighted by Crippen LogP contribution is 2.20. The summed E-state index contributed by atoms with van der Waals surface area (Å²) < 4.78 is 27.1. The molecule has 0 spiro atoms. The molecular weight excluding hydrogens is 250 g/mol. The van der Waals surface area contributed by atoms with E-state index in [-0.39, 0.29) is 4.90 Å². The molecule has 0 aliphatic carbocycles. The second-order valence-corrected chi connectivity index (χ2v) is 5.59. The lowest BCUT2D eigenvalue weighted by Gasteiger charge is -2.03. The van der Waals surface area contributed by atoms with Crippen LogP contribution in [0, 0.1) is 0 Å². The van der Waals surface area contributed by atoms with Crippen LogP contribution >= 0.6 is 0 Å². The molecule has 0 N–H and O–H groups in total. The van der Waals surface area contributed by atoms with Crippen LogP contribution in [0.25, 0.3) is 10.8 Å². The molecule has 0 fully saturated rings. The molecule has 0 atom stereocenters. The van der Waals surface area contributed by atoms with Crippen LogP contribution < -0.4 is 0 Å². The van der Waals surface area contributed by atoms with Gasteiger partial charge in [0.05, 0.1) is 4.90 Å². The van der Waals surface area contributed by atoms with Crippen LogP contribution in [-0.2, 0) is 10.0 Å². The van der Waals surface area contributed by atoms with Gasteiger partial charge in [-0.25, -0.2) is 0 Å². The molecule has 5 nitrogen and oxygen atoms in total. The van der Waals surface area contributed by atoms with E-state index >= 15 is 0 Å². The Morgan fingerprint density at radius 2 is 1.67 bits per heavy atom. The summed E-state index contributed by atoms with van der Waals surface area (Å²) in [6.07, 6.45) is 0. The Bertz CT molecular complexity index is 693. The molecule has 0 saturated heterocycles. The first-order chi connectivity index (χ1) is 8.49. The zero-order chi connectivity index (χ0) is 13.2. The van der Waals surface area contributed by atoms with Crippen LogP contribution in [0.5, 0.6) is 0 Å². The minimum Gasteiger partial charge on any atom is -0.284 e. The summed E-state index contributed by atoms with van der Waals surface area (Å²) in [4.78, 5) is 0.145. The van der Waals surface area contributed by atoms with Crippen LogP contribution in [0.4, 0.5) is 0 Å². The van der Waals surface area contributed by atoms with Gasteiger partial charge in [-0.3, -0.25) is 5.01 Å². The highest BCUT2D eigenvalue weighted by atomic mass is 32.2. The highest BCUT2D eigenvalue weighted by molar-refractivity contribution is 7.90. The summed E-state index contributed by atoms with van der Waals surface area (Å²) in [7, 11) is -0.509. The van der Waals surface area contributed by atoms with Gasteiger partial charge >= 0.3 is 10.0 Å². The number of benzene rings is 2. The SMILES string of the molecule is CN(C)/N=N/S(=O)(=O)c1ccc2ccccc2c1. The number of fused-ring (bicyclic) bond motifs is 1. The molecule has 0 unspecified atom stereocenters. The van der Waals surface area contributed by atoms with Crippen LogP contribution in [0.1, 0.15) is 0 Å². The van der Waals surface area contributed by atoms with Gasteiger partial charge in [-0.05, 0) is 27.4 Å². The minimum absolute atomic E-state index is 0.145. The molecule has 0 aliphatic rings. The highest BCUT2D eigenvalue weighted by Gasteiger charge is 2.13. The molecule has 6 heteroatoms. The third-order valence-corrected chi connectivity index (χ3v) is 3.48. The van der Waals surface area contributed by atoms with E-state index in [0.717, 1.165) is 10.8 Å². The lowest BCUT2D eigenvalue weighted by Crippen LogP contribution is -2.03. The maximum Gasteiger partial charge on any atom is 0.301 e. The van der Waals surface area contributed by atoms with Gasteiger partial charge in [0.25, 0.3) is 0 Å². The van der Waals surface area contributed by atoms with E-state index in [2.05, 4.69) is 9.74 Å². The van der Waals surface area contributed by atoms with Gasteiger partial charge in [-0.15, -0.1) is 0 Å². The van der Waals surface area contributed by atoms with Crippen molar-refractivity contribution in [3.05, 3.63) is 42.5 Å². The van der Waals surface area contributed by atoms with E-state index in [1.54, 1.807) is 26.2 Å². The van der Waals surface area contributed by atoms with Gasteiger partial charge < -0.3 is 0 Å². The molecule has 0 amide bonds. The van der Waals surface area contributed by atoms with Gasteiger partial charge in [-0.2, -0.15) is 8.42 Å². The summed E-state index contributed by atoms with van der Waals surface area (Å²) in [5.41, 5.74) is 0. The second-order valence-electron chi connectivity index (χ2n) is 4.00. The lowest BCUT2D eigenvalue weighted by molar-refractivity contribution is 0.410. The van der Waals surface area contributed by atoms with E-state index in [0.29, 0.717) is 0 Å². The van der Waals surface area contributed by atoms with Crippen molar-refractivity contribution in [1.29, 1.82) is 0 Å². The summed E-state index contributed by atoms with van der Waals surface area (Å²) in [6, 6.07) is 12.4. The Morgan fingerprint density at radius 3 is 2.33 bits per heavy atom. The molecule has 2 aromatic carbocycles. The fourth-order valence-corrected chi connectivity index (χ4v) is 2.35. The zero-order valence-corrected chi connectivity index (χ0v) is 10.9. The van der Waals surface area contributed by atoms with Gasteiger partial charge in [0.2, 0.25) is 0 Å². The Labute approximate surface area is 106 Å². The van der Waals surface area contributed by atoms with Crippen molar-refractivity contribution in [1.82, 2.24) is 5.01 Å². The Hall–Kier alpha value is -1.95. The van der Waals surface area contributed by atoms with E-state index in [4.69, 9.17) is 0 Å². The number of hydrogen-bond donors (Lipinski definition) is 0. The van der Waals surface area contributed by atoms with Crippen molar-refractivity contribution in [2.75, 3.05) is 14.1 Å². The van der Waals surface area contributed by atoms with Gasteiger partial charge in [-0.1, -0.05) is 35.6 Å². The second kappa shape index (κ2) is 4.73. The van der Waals surface area contributed by atoms with Crippen molar-refractivity contribution in [3.8, 4) is 0 Å². The molecular formula is C12H13N3O2S. The van der Waals surface area contributed by atoms with E-state index in [9.17, 15) is 8.42 Å². The average molecular weight is 263 g/mol. The smallest absolute Gasteiger partial charge is 0.284 e. The molecule has 0 aromatic heterocycles. The van der Waals surface area contributed by atoms with Crippen LogP contribution in [0.2, 0.25) is 0 Å². The topological polar surface area (TPSA) is 62.1 Å². The van der Waals surface area contributed by atoms with Crippen molar-refractivity contribution in [2.45, 2.75) is 4.90 Å². The summed E-state index contributed by atoms with van der Waals surface area (Å²) >= 11 is 0. The maximum absolute atomic E-state index is 11.9. The van der Waals surface area contributed by atoms with Crippen molar-refractivity contribution in [3.63, 3.8) is 0 Å². The summed E-state index contributed by atoms with van der Waals surface area (Å²) in [5, 5.41) is 6.70. The minimum atomic E-state index is -3.73. The molecule has 0 heterocycles. The van der Waals surface area contributed by atoms with Crippen LogP contribution in [-0.4, -0.2) is 27.5 Å². The molecule has 2 rings (SSSR count). The van der Waals surface area contributed by atoms with Crippen molar-refractivity contribution >= 4 is 20.8 Å². The summed E-state index contributed by atoms with van der Waals surface area (Å²) in [6.45, 7) is 0. The predicted molar refractivity (Wildman–Crippen MR) is 69.7 cm³/mol. The molecule has 0 bridgehead atoms.